The van der Waals surface area contributed by atoms with E-state index in [0.29, 0.717) is 5.75 Å². The maximum Gasteiger partial charge on any atom is 0.115 e. The van der Waals surface area contributed by atoms with E-state index in [1.807, 2.05) is 31.1 Å². The molecule has 1 aliphatic rings. The SMILES string of the molecule is C1CCOC1.CN(C)c1ccc(O)cc1. The molecule has 1 heterocycles. The Morgan fingerprint density at radius 1 is 1.07 bits per heavy atom. The Balaban J connectivity index is 0.000000187. The molecule has 1 N–H and O–H groups in total. The molecular weight excluding hydrogens is 190 g/mol. The zero-order valence-electron chi connectivity index (χ0n) is 9.44. The minimum absolute atomic E-state index is 0.311. The molecule has 0 bridgehead atoms. The lowest BCUT2D eigenvalue weighted by molar-refractivity contribution is 0.198. The molecule has 84 valence electrons. The van der Waals surface area contributed by atoms with Gasteiger partial charge in [-0.3, -0.25) is 0 Å². The van der Waals surface area contributed by atoms with E-state index in [1.165, 1.54) is 12.8 Å². The molecule has 3 heteroatoms. The number of benzene rings is 1. The minimum atomic E-state index is 0.311. The molecule has 1 aliphatic heterocycles. The van der Waals surface area contributed by atoms with Crippen molar-refractivity contribution < 1.29 is 9.84 Å². The molecule has 0 spiro atoms. The van der Waals surface area contributed by atoms with Crippen molar-refractivity contribution in [3.8, 4) is 5.75 Å². The van der Waals surface area contributed by atoms with E-state index >= 15 is 0 Å². The van der Waals surface area contributed by atoms with Gasteiger partial charge in [-0.15, -0.1) is 0 Å². The van der Waals surface area contributed by atoms with Crippen molar-refractivity contribution in [1.29, 1.82) is 0 Å². The van der Waals surface area contributed by atoms with Gasteiger partial charge in [0.2, 0.25) is 0 Å². The second-order valence-electron chi connectivity index (χ2n) is 3.73. The van der Waals surface area contributed by atoms with Crippen LogP contribution in [0.1, 0.15) is 12.8 Å². The van der Waals surface area contributed by atoms with Gasteiger partial charge in [-0.2, -0.15) is 0 Å². The Kier molecular flexibility index (Phi) is 4.98. The predicted molar refractivity (Wildman–Crippen MR) is 62.5 cm³/mol. The van der Waals surface area contributed by atoms with Crippen molar-refractivity contribution in [3.63, 3.8) is 0 Å². The fourth-order valence-corrected chi connectivity index (χ4v) is 1.26. The van der Waals surface area contributed by atoms with E-state index in [4.69, 9.17) is 9.84 Å². The first-order chi connectivity index (χ1) is 7.20. The summed E-state index contributed by atoms with van der Waals surface area (Å²) in [7, 11) is 3.93. The highest BCUT2D eigenvalue weighted by Gasteiger charge is 1.94. The molecule has 0 saturated carbocycles. The van der Waals surface area contributed by atoms with Crippen LogP contribution in [0, 0.1) is 0 Å². The monoisotopic (exact) mass is 209 g/mol. The number of anilines is 1. The fourth-order valence-electron chi connectivity index (χ4n) is 1.26. The smallest absolute Gasteiger partial charge is 0.115 e. The first kappa shape index (κ1) is 11.9. The number of rotatable bonds is 1. The number of hydrogen-bond donors (Lipinski definition) is 1. The van der Waals surface area contributed by atoms with E-state index in [0.717, 1.165) is 18.9 Å². The lowest BCUT2D eigenvalue weighted by Gasteiger charge is -2.11. The quantitative estimate of drug-likeness (QED) is 0.770. The van der Waals surface area contributed by atoms with E-state index < -0.39 is 0 Å². The number of phenols is 1. The third-order valence-electron chi connectivity index (χ3n) is 2.19. The van der Waals surface area contributed by atoms with Crippen LogP contribution in [0.5, 0.6) is 5.75 Å². The van der Waals surface area contributed by atoms with Crippen LogP contribution in [-0.2, 0) is 4.74 Å². The summed E-state index contributed by atoms with van der Waals surface area (Å²) in [4.78, 5) is 1.99. The Bertz CT molecular complexity index is 258. The van der Waals surface area contributed by atoms with Crippen molar-refractivity contribution in [1.82, 2.24) is 0 Å². The van der Waals surface area contributed by atoms with Gasteiger partial charge < -0.3 is 14.7 Å². The molecule has 3 nitrogen and oxygen atoms in total. The number of nitrogens with zero attached hydrogens (tertiary/aromatic N) is 1. The van der Waals surface area contributed by atoms with Crippen LogP contribution in [0.4, 0.5) is 5.69 Å². The van der Waals surface area contributed by atoms with Crippen molar-refractivity contribution in [2.45, 2.75) is 12.8 Å². The van der Waals surface area contributed by atoms with Gasteiger partial charge in [-0.25, -0.2) is 0 Å². The molecule has 0 aromatic heterocycles. The second kappa shape index (κ2) is 6.30. The Morgan fingerprint density at radius 3 is 1.93 bits per heavy atom. The van der Waals surface area contributed by atoms with Crippen LogP contribution in [0.3, 0.4) is 0 Å². The van der Waals surface area contributed by atoms with Gasteiger partial charge >= 0.3 is 0 Å². The summed E-state index contributed by atoms with van der Waals surface area (Å²) >= 11 is 0. The van der Waals surface area contributed by atoms with Gasteiger partial charge in [0.1, 0.15) is 5.75 Å². The summed E-state index contributed by atoms with van der Waals surface area (Å²) in [6.45, 7) is 2.00. The average molecular weight is 209 g/mol. The highest BCUT2D eigenvalue weighted by molar-refractivity contribution is 5.47. The largest absolute Gasteiger partial charge is 0.508 e. The highest BCUT2D eigenvalue weighted by Crippen LogP contribution is 2.15. The van der Waals surface area contributed by atoms with Gasteiger partial charge in [0.25, 0.3) is 0 Å². The second-order valence-corrected chi connectivity index (χ2v) is 3.73. The minimum Gasteiger partial charge on any atom is -0.508 e. The van der Waals surface area contributed by atoms with Crippen LogP contribution < -0.4 is 4.90 Å². The molecule has 1 saturated heterocycles. The number of ether oxygens (including phenoxy) is 1. The molecule has 1 fully saturated rings. The van der Waals surface area contributed by atoms with Crippen LogP contribution in [0.25, 0.3) is 0 Å². The molecule has 1 aromatic carbocycles. The van der Waals surface area contributed by atoms with Crippen molar-refractivity contribution in [2.24, 2.45) is 0 Å². The van der Waals surface area contributed by atoms with E-state index in [1.54, 1.807) is 12.1 Å². The summed E-state index contributed by atoms with van der Waals surface area (Å²) in [5.74, 6) is 0.311. The van der Waals surface area contributed by atoms with E-state index in [9.17, 15) is 0 Å². The van der Waals surface area contributed by atoms with Crippen molar-refractivity contribution in [3.05, 3.63) is 24.3 Å². The van der Waals surface area contributed by atoms with Crippen molar-refractivity contribution in [2.75, 3.05) is 32.2 Å². The lowest BCUT2D eigenvalue weighted by atomic mass is 10.3. The number of aromatic hydroxyl groups is 1. The van der Waals surface area contributed by atoms with Gasteiger partial charge in [0, 0.05) is 33.0 Å². The topological polar surface area (TPSA) is 32.7 Å². The average Bonchev–Trinajstić information content (AvgIpc) is 2.76. The summed E-state index contributed by atoms with van der Waals surface area (Å²) in [5, 5.41) is 8.92. The predicted octanol–water partition coefficient (Wildman–Crippen LogP) is 2.26. The van der Waals surface area contributed by atoms with Crippen LogP contribution in [0.2, 0.25) is 0 Å². The molecule has 0 aliphatic carbocycles. The number of phenolic OH excluding ortho intramolecular Hbond substituents is 1. The maximum atomic E-state index is 8.92. The van der Waals surface area contributed by atoms with E-state index in [-0.39, 0.29) is 0 Å². The standard InChI is InChI=1S/C8H11NO.C4H8O/c1-9(2)7-3-5-8(10)6-4-7;1-2-4-5-3-1/h3-6,10H,1-2H3;1-4H2. The molecular formula is C12H19NO2. The third-order valence-corrected chi connectivity index (χ3v) is 2.19. The third kappa shape index (κ3) is 4.70. The molecule has 2 rings (SSSR count). The molecule has 1 aromatic rings. The summed E-state index contributed by atoms with van der Waals surface area (Å²) in [6, 6.07) is 7.09. The Labute approximate surface area is 91.3 Å². The molecule has 15 heavy (non-hydrogen) atoms. The molecule has 0 unspecified atom stereocenters. The van der Waals surface area contributed by atoms with Gasteiger partial charge in [-0.1, -0.05) is 0 Å². The van der Waals surface area contributed by atoms with Gasteiger partial charge in [-0.05, 0) is 37.1 Å². The Hall–Kier alpha value is -1.22. The van der Waals surface area contributed by atoms with E-state index in [2.05, 4.69) is 0 Å². The highest BCUT2D eigenvalue weighted by atomic mass is 16.5. The molecule has 0 radical (unpaired) electrons. The maximum absolute atomic E-state index is 8.92. The summed E-state index contributed by atoms with van der Waals surface area (Å²) in [6.07, 6.45) is 2.56. The normalized spacial score (nSPS) is 14.3. The van der Waals surface area contributed by atoms with Gasteiger partial charge in [0.05, 0.1) is 0 Å². The van der Waals surface area contributed by atoms with Gasteiger partial charge in [0.15, 0.2) is 0 Å². The number of hydrogen-bond acceptors (Lipinski definition) is 3. The zero-order chi connectivity index (χ0) is 11.1. The summed E-state index contributed by atoms with van der Waals surface area (Å²) < 4.78 is 4.94. The lowest BCUT2D eigenvalue weighted by Crippen LogP contribution is -2.07. The molecule has 0 atom stereocenters. The molecule has 0 amide bonds. The van der Waals surface area contributed by atoms with Crippen LogP contribution in [0.15, 0.2) is 24.3 Å². The summed E-state index contributed by atoms with van der Waals surface area (Å²) in [5.41, 5.74) is 1.10. The fraction of sp³-hybridized carbons (Fsp3) is 0.500. The van der Waals surface area contributed by atoms with Crippen LogP contribution in [-0.4, -0.2) is 32.4 Å². The van der Waals surface area contributed by atoms with Crippen molar-refractivity contribution >= 4 is 5.69 Å². The van der Waals surface area contributed by atoms with Crippen LogP contribution >= 0.6 is 0 Å². The zero-order valence-corrected chi connectivity index (χ0v) is 9.44. The Morgan fingerprint density at radius 2 is 1.60 bits per heavy atom. The first-order valence-electron chi connectivity index (χ1n) is 5.24. The first-order valence-corrected chi connectivity index (χ1v) is 5.24.